The largest absolute Gasteiger partial charge is 0.573 e. The van der Waals surface area contributed by atoms with Crippen molar-refractivity contribution >= 4 is 5.65 Å². The predicted octanol–water partition coefficient (Wildman–Crippen LogP) is 3.85. The Hall–Kier alpha value is -2.92. The fourth-order valence-corrected chi connectivity index (χ4v) is 2.01. The number of fused-ring (bicyclic) bond motifs is 1. The Bertz CT molecular complexity index is 932. The van der Waals surface area contributed by atoms with Gasteiger partial charge in [0.2, 0.25) is 5.82 Å². The normalized spacial score (nSPS) is 12.6. The number of alkyl halides is 6. The first kappa shape index (κ1) is 16.9. The molecule has 0 spiro atoms. The molecule has 2 aromatic heterocycles. The number of hydrogen-bond acceptors (Lipinski definition) is 4. The van der Waals surface area contributed by atoms with Gasteiger partial charge in [-0.3, -0.25) is 9.38 Å². The van der Waals surface area contributed by atoms with Crippen LogP contribution in [0.2, 0.25) is 0 Å². The van der Waals surface area contributed by atoms with Gasteiger partial charge in [-0.2, -0.15) is 13.2 Å². The third-order valence-corrected chi connectivity index (χ3v) is 3.00. The van der Waals surface area contributed by atoms with E-state index in [4.69, 9.17) is 0 Å². The van der Waals surface area contributed by atoms with E-state index in [0.717, 1.165) is 18.5 Å². The first-order chi connectivity index (χ1) is 11.5. The molecule has 0 unspecified atom stereocenters. The summed E-state index contributed by atoms with van der Waals surface area (Å²) < 4.78 is 92.6. The Morgan fingerprint density at radius 1 is 1.00 bits per heavy atom. The standard InChI is InChI=1S/C13H5F7N4O/c14-7-3-6(1-2-9(7)25-13(18,19)20)8-5-24-10(4-21-8)22-23-11(24)12(15,16)17/h1-5H. The monoisotopic (exact) mass is 366 g/mol. The van der Waals surface area contributed by atoms with Gasteiger partial charge in [-0.05, 0) is 18.2 Å². The van der Waals surface area contributed by atoms with Gasteiger partial charge in [-0.15, -0.1) is 23.4 Å². The summed E-state index contributed by atoms with van der Waals surface area (Å²) in [5.41, 5.74) is -0.389. The van der Waals surface area contributed by atoms with Gasteiger partial charge in [-0.25, -0.2) is 4.39 Å². The van der Waals surface area contributed by atoms with Crippen molar-refractivity contribution in [2.24, 2.45) is 0 Å². The van der Waals surface area contributed by atoms with Gasteiger partial charge in [0.1, 0.15) is 0 Å². The van der Waals surface area contributed by atoms with Crippen molar-refractivity contribution in [3.05, 3.63) is 42.2 Å². The minimum atomic E-state index is -5.08. The summed E-state index contributed by atoms with van der Waals surface area (Å²) in [7, 11) is 0. The Morgan fingerprint density at radius 2 is 1.72 bits per heavy atom. The summed E-state index contributed by atoms with van der Waals surface area (Å²) in [6.07, 6.45) is -8.00. The zero-order valence-corrected chi connectivity index (χ0v) is 11.7. The Balaban J connectivity index is 2.03. The van der Waals surface area contributed by atoms with Crippen LogP contribution in [-0.2, 0) is 6.18 Å². The van der Waals surface area contributed by atoms with Crippen LogP contribution in [0, 0.1) is 5.82 Å². The van der Waals surface area contributed by atoms with E-state index in [-0.39, 0.29) is 16.9 Å². The number of benzene rings is 1. The summed E-state index contributed by atoms with van der Waals surface area (Å²) in [5, 5.41) is 6.31. The number of halogens is 7. The summed E-state index contributed by atoms with van der Waals surface area (Å²) in [6.45, 7) is 0. The average molecular weight is 366 g/mol. The minimum absolute atomic E-state index is 0.0595. The molecule has 0 saturated carbocycles. The van der Waals surface area contributed by atoms with Crippen LogP contribution >= 0.6 is 0 Å². The van der Waals surface area contributed by atoms with Crippen LogP contribution in [0.5, 0.6) is 5.75 Å². The van der Waals surface area contributed by atoms with Crippen LogP contribution in [0.15, 0.2) is 30.6 Å². The highest BCUT2D eigenvalue weighted by molar-refractivity contribution is 5.61. The van der Waals surface area contributed by atoms with Crippen LogP contribution in [-0.4, -0.2) is 25.9 Å². The molecule has 12 heteroatoms. The van der Waals surface area contributed by atoms with E-state index >= 15 is 0 Å². The van der Waals surface area contributed by atoms with Crippen molar-refractivity contribution in [2.45, 2.75) is 12.5 Å². The third-order valence-electron chi connectivity index (χ3n) is 3.00. The van der Waals surface area contributed by atoms with E-state index < -0.39 is 29.9 Å². The van der Waals surface area contributed by atoms with E-state index in [1.54, 1.807) is 0 Å². The second-order valence-corrected chi connectivity index (χ2v) is 4.72. The lowest BCUT2D eigenvalue weighted by molar-refractivity contribution is -0.275. The lowest BCUT2D eigenvalue weighted by atomic mass is 10.1. The van der Waals surface area contributed by atoms with E-state index in [0.29, 0.717) is 16.5 Å². The van der Waals surface area contributed by atoms with Crippen molar-refractivity contribution < 1.29 is 35.5 Å². The molecule has 0 fully saturated rings. The van der Waals surface area contributed by atoms with Gasteiger partial charge in [-0.1, -0.05) is 0 Å². The van der Waals surface area contributed by atoms with Crippen molar-refractivity contribution in [2.75, 3.05) is 0 Å². The quantitative estimate of drug-likeness (QED) is 0.647. The highest BCUT2D eigenvalue weighted by Gasteiger charge is 2.37. The zero-order chi connectivity index (χ0) is 18.4. The van der Waals surface area contributed by atoms with Crippen LogP contribution in [0.3, 0.4) is 0 Å². The molecule has 3 aromatic rings. The van der Waals surface area contributed by atoms with Gasteiger partial charge < -0.3 is 4.74 Å². The highest BCUT2D eigenvalue weighted by Crippen LogP contribution is 2.31. The Morgan fingerprint density at radius 3 is 2.32 bits per heavy atom. The molecule has 5 nitrogen and oxygen atoms in total. The molecule has 0 aliphatic carbocycles. The molecule has 0 radical (unpaired) electrons. The smallest absolute Gasteiger partial charge is 0.403 e. The molecule has 2 heterocycles. The first-order valence-electron chi connectivity index (χ1n) is 6.38. The average Bonchev–Trinajstić information content (AvgIpc) is 2.91. The molecule has 0 amide bonds. The lowest BCUT2D eigenvalue weighted by Gasteiger charge is -2.10. The fourth-order valence-electron chi connectivity index (χ4n) is 2.01. The summed E-state index contributed by atoms with van der Waals surface area (Å²) in [6, 6.07) is 2.38. The Kier molecular flexibility index (Phi) is 3.77. The van der Waals surface area contributed by atoms with E-state index in [1.807, 2.05) is 0 Å². The maximum Gasteiger partial charge on any atom is 0.573 e. The number of hydrogen-bond donors (Lipinski definition) is 0. The summed E-state index contributed by atoms with van der Waals surface area (Å²) >= 11 is 0. The lowest BCUT2D eigenvalue weighted by Crippen LogP contribution is -2.17. The molecule has 0 aliphatic rings. The number of rotatable bonds is 2. The summed E-state index contributed by atoms with van der Waals surface area (Å²) in [4.78, 5) is 3.80. The predicted molar refractivity (Wildman–Crippen MR) is 67.9 cm³/mol. The molecule has 0 bridgehead atoms. The molecule has 0 aliphatic heterocycles. The van der Waals surface area contributed by atoms with E-state index in [1.165, 1.54) is 0 Å². The second kappa shape index (κ2) is 5.57. The third kappa shape index (κ3) is 3.46. The zero-order valence-electron chi connectivity index (χ0n) is 11.7. The van der Waals surface area contributed by atoms with Gasteiger partial charge in [0, 0.05) is 11.8 Å². The van der Waals surface area contributed by atoms with Gasteiger partial charge in [0.25, 0.3) is 0 Å². The van der Waals surface area contributed by atoms with Crippen LogP contribution in [0.1, 0.15) is 5.82 Å². The topological polar surface area (TPSA) is 52.3 Å². The maximum atomic E-state index is 13.7. The molecule has 0 N–H and O–H groups in total. The van der Waals surface area contributed by atoms with Crippen LogP contribution in [0.4, 0.5) is 30.7 Å². The summed E-state index contributed by atoms with van der Waals surface area (Å²) in [5.74, 6) is -3.74. The van der Waals surface area contributed by atoms with Crippen LogP contribution in [0.25, 0.3) is 16.9 Å². The minimum Gasteiger partial charge on any atom is -0.403 e. The highest BCUT2D eigenvalue weighted by atomic mass is 19.4. The molecule has 0 saturated heterocycles. The molecule has 0 atom stereocenters. The number of nitrogens with zero attached hydrogens (tertiary/aromatic N) is 4. The van der Waals surface area contributed by atoms with E-state index in [9.17, 15) is 30.7 Å². The maximum absolute atomic E-state index is 13.7. The van der Waals surface area contributed by atoms with Crippen LogP contribution < -0.4 is 4.74 Å². The molecule has 25 heavy (non-hydrogen) atoms. The van der Waals surface area contributed by atoms with E-state index in [2.05, 4.69) is 19.9 Å². The van der Waals surface area contributed by atoms with Gasteiger partial charge >= 0.3 is 12.5 Å². The SMILES string of the molecule is Fc1cc(-c2cn3c(C(F)(F)F)nnc3cn2)ccc1OC(F)(F)F. The Labute approximate surface area is 133 Å². The van der Waals surface area contributed by atoms with Crippen molar-refractivity contribution in [1.82, 2.24) is 19.6 Å². The molecular weight excluding hydrogens is 361 g/mol. The first-order valence-corrected chi connectivity index (χ1v) is 6.38. The number of aromatic nitrogens is 4. The van der Waals surface area contributed by atoms with Gasteiger partial charge in [0.15, 0.2) is 17.2 Å². The molecular formula is C13H5F7N4O. The molecule has 3 rings (SSSR count). The van der Waals surface area contributed by atoms with Crippen molar-refractivity contribution in [3.8, 4) is 17.0 Å². The molecule has 1 aromatic carbocycles. The van der Waals surface area contributed by atoms with Gasteiger partial charge in [0.05, 0.1) is 11.9 Å². The van der Waals surface area contributed by atoms with Crippen molar-refractivity contribution in [3.63, 3.8) is 0 Å². The fraction of sp³-hybridized carbons (Fsp3) is 0.154. The number of ether oxygens (including phenoxy) is 1. The van der Waals surface area contributed by atoms with Crippen molar-refractivity contribution in [1.29, 1.82) is 0 Å². The molecule has 132 valence electrons. The second-order valence-electron chi connectivity index (χ2n) is 4.72.